The normalized spacial score (nSPS) is 23.4. The summed E-state index contributed by atoms with van der Waals surface area (Å²) < 4.78 is 0. The first kappa shape index (κ1) is 12.0. The van der Waals surface area contributed by atoms with Gasteiger partial charge in [0.15, 0.2) is 11.9 Å². The van der Waals surface area contributed by atoms with Crippen LogP contribution in [0.25, 0.3) is 0 Å². The molecule has 1 atom stereocenters. The highest BCUT2D eigenvalue weighted by atomic mass is 16.4. The molecule has 5 amide bonds. The molecule has 2 aliphatic rings. The molecule has 0 aromatic rings. The van der Waals surface area contributed by atoms with Crippen LogP contribution in [0.1, 0.15) is 0 Å². The quantitative estimate of drug-likeness (QED) is 0.665. The number of aliphatic carboxylic acids is 1. The molecule has 0 bridgehead atoms. The number of nitrogens with zero attached hydrogens (tertiary/aromatic N) is 4. The van der Waals surface area contributed by atoms with Gasteiger partial charge in [-0.15, -0.1) is 0 Å². The number of fused-ring (bicyclic) bond motifs is 1. The number of carbonyl (C=O) groups excluding carboxylic acids is 3. The van der Waals surface area contributed by atoms with Gasteiger partial charge in [-0.25, -0.2) is 9.59 Å². The topological polar surface area (TPSA) is 111 Å². The third-order valence-electron chi connectivity index (χ3n) is 2.80. The van der Waals surface area contributed by atoms with Crippen molar-refractivity contribution in [2.45, 2.75) is 6.04 Å². The molecule has 0 radical (unpaired) electrons. The van der Waals surface area contributed by atoms with E-state index < -0.39 is 36.5 Å². The van der Waals surface area contributed by atoms with Crippen molar-refractivity contribution in [2.75, 3.05) is 20.6 Å². The fraction of sp³-hybridized carbons (Fsp3) is 0.444. The molecular formula is C9H10N4O5. The van der Waals surface area contributed by atoms with Crippen molar-refractivity contribution in [1.29, 1.82) is 0 Å². The van der Waals surface area contributed by atoms with Crippen LogP contribution in [0.3, 0.4) is 0 Å². The van der Waals surface area contributed by atoms with Crippen LogP contribution in [0.2, 0.25) is 0 Å². The molecular weight excluding hydrogens is 244 g/mol. The van der Waals surface area contributed by atoms with Crippen LogP contribution in [-0.4, -0.2) is 76.3 Å². The Morgan fingerprint density at radius 2 is 1.89 bits per heavy atom. The minimum absolute atomic E-state index is 0.0330. The molecule has 1 saturated heterocycles. The first-order chi connectivity index (χ1) is 8.34. The van der Waals surface area contributed by atoms with Crippen molar-refractivity contribution in [3.05, 3.63) is 0 Å². The van der Waals surface area contributed by atoms with Crippen LogP contribution in [0.4, 0.5) is 9.59 Å². The molecule has 0 spiro atoms. The van der Waals surface area contributed by atoms with Crippen LogP contribution in [-0.2, 0) is 9.59 Å². The number of carboxylic acids is 1. The lowest BCUT2D eigenvalue weighted by Crippen LogP contribution is -2.63. The van der Waals surface area contributed by atoms with E-state index in [2.05, 4.69) is 4.99 Å². The molecule has 0 aliphatic carbocycles. The zero-order valence-corrected chi connectivity index (χ0v) is 9.65. The highest BCUT2D eigenvalue weighted by Crippen LogP contribution is 2.22. The summed E-state index contributed by atoms with van der Waals surface area (Å²) >= 11 is 0. The molecule has 18 heavy (non-hydrogen) atoms. The third-order valence-corrected chi connectivity index (χ3v) is 2.80. The number of hydrogen-bond acceptors (Lipinski definition) is 4. The van der Waals surface area contributed by atoms with Gasteiger partial charge in [0.05, 0.1) is 0 Å². The van der Waals surface area contributed by atoms with Gasteiger partial charge in [-0.1, -0.05) is 0 Å². The average molecular weight is 254 g/mol. The van der Waals surface area contributed by atoms with Gasteiger partial charge in [-0.3, -0.25) is 24.3 Å². The van der Waals surface area contributed by atoms with E-state index in [4.69, 9.17) is 5.11 Å². The largest absolute Gasteiger partial charge is 0.480 e. The van der Waals surface area contributed by atoms with Crippen molar-refractivity contribution in [3.8, 4) is 0 Å². The van der Waals surface area contributed by atoms with Gasteiger partial charge in [-0.05, 0) is 0 Å². The van der Waals surface area contributed by atoms with E-state index in [1.54, 1.807) is 0 Å². The van der Waals surface area contributed by atoms with Gasteiger partial charge in [0.25, 0.3) is 5.91 Å². The van der Waals surface area contributed by atoms with Gasteiger partial charge in [0.2, 0.25) is 0 Å². The summed E-state index contributed by atoms with van der Waals surface area (Å²) in [6.07, 6.45) is 0. The maximum absolute atomic E-state index is 11.9. The van der Waals surface area contributed by atoms with E-state index >= 15 is 0 Å². The molecule has 96 valence electrons. The molecule has 0 aromatic carbocycles. The smallest absolute Gasteiger partial charge is 0.346 e. The number of carboxylic acid groups (broad SMARTS) is 1. The average Bonchev–Trinajstić information content (AvgIpc) is 2.61. The zero-order chi connectivity index (χ0) is 13.6. The summed E-state index contributed by atoms with van der Waals surface area (Å²) in [4.78, 5) is 52.0. The molecule has 2 heterocycles. The minimum atomic E-state index is -1.25. The summed E-state index contributed by atoms with van der Waals surface area (Å²) in [6, 6.07) is -2.58. The summed E-state index contributed by atoms with van der Waals surface area (Å²) in [5, 5.41) is 8.70. The lowest BCUT2D eigenvalue weighted by molar-refractivity contribution is -0.139. The van der Waals surface area contributed by atoms with Crippen molar-refractivity contribution in [3.63, 3.8) is 0 Å². The Balaban J connectivity index is 2.39. The summed E-state index contributed by atoms with van der Waals surface area (Å²) in [5.74, 6) is -1.95. The number of urea groups is 2. The van der Waals surface area contributed by atoms with E-state index in [9.17, 15) is 19.2 Å². The second-order valence-electron chi connectivity index (χ2n) is 3.92. The highest BCUT2D eigenvalue weighted by Gasteiger charge is 2.50. The predicted octanol–water partition coefficient (Wildman–Crippen LogP) is -1.20. The number of imide groups is 1. The number of amides is 5. The summed E-state index contributed by atoms with van der Waals surface area (Å²) in [7, 11) is 2.63. The van der Waals surface area contributed by atoms with Gasteiger partial charge in [0.1, 0.15) is 6.54 Å². The molecule has 0 aromatic heterocycles. The fourth-order valence-electron chi connectivity index (χ4n) is 1.88. The predicted molar refractivity (Wildman–Crippen MR) is 56.9 cm³/mol. The molecule has 1 fully saturated rings. The second kappa shape index (κ2) is 3.79. The number of aliphatic imine (C=N–C) groups is 1. The van der Waals surface area contributed by atoms with Crippen molar-refractivity contribution >= 4 is 29.8 Å². The third kappa shape index (κ3) is 1.51. The van der Waals surface area contributed by atoms with Gasteiger partial charge in [0, 0.05) is 14.1 Å². The first-order valence-electron chi connectivity index (χ1n) is 5.01. The maximum atomic E-state index is 11.9. The van der Waals surface area contributed by atoms with Crippen molar-refractivity contribution in [1.82, 2.24) is 14.7 Å². The molecule has 0 saturated carbocycles. The monoisotopic (exact) mass is 254 g/mol. The molecule has 9 heteroatoms. The number of amidine groups is 1. The Morgan fingerprint density at radius 1 is 1.28 bits per heavy atom. The van der Waals surface area contributed by atoms with E-state index in [0.717, 1.165) is 14.7 Å². The summed E-state index contributed by atoms with van der Waals surface area (Å²) in [5.41, 5.74) is 0. The van der Waals surface area contributed by atoms with Gasteiger partial charge in [-0.2, -0.15) is 4.99 Å². The molecule has 9 nitrogen and oxygen atoms in total. The Kier molecular flexibility index (Phi) is 2.53. The highest BCUT2D eigenvalue weighted by molar-refractivity contribution is 6.25. The van der Waals surface area contributed by atoms with E-state index in [1.165, 1.54) is 14.1 Å². The van der Waals surface area contributed by atoms with Crippen molar-refractivity contribution < 1.29 is 24.3 Å². The lowest BCUT2D eigenvalue weighted by atomic mass is 10.1. The first-order valence-corrected chi connectivity index (χ1v) is 5.01. The molecule has 1 unspecified atom stereocenters. The Morgan fingerprint density at radius 3 is 2.44 bits per heavy atom. The van der Waals surface area contributed by atoms with Crippen LogP contribution >= 0.6 is 0 Å². The molecule has 1 N–H and O–H groups in total. The second-order valence-corrected chi connectivity index (χ2v) is 3.92. The standard InChI is InChI=1S/C9H10N4O5/c1-11-6-5(7(16)12(2)9(11)18)13(3-4(14)15)8(17)10-6/h5H,3H2,1-2H3,(H,14,15). The lowest BCUT2D eigenvalue weighted by Gasteiger charge is -2.35. The van der Waals surface area contributed by atoms with Crippen LogP contribution in [0.5, 0.6) is 0 Å². The number of carbonyl (C=O) groups is 4. The molecule has 2 rings (SSSR count). The van der Waals surface area contributed by atoms with Crippen LogP contribution < -0.4 is 0 Å². The minimum Gasteiger partial charge on any atom is -0.480 e. The Bertz CT molecular complexity index is 499. The van der Waals surface area contributed by atoms with E-state index in [-0.39, 0.29) is 5.84 Å². The number of rotatable bonds is 2. The Hall–Kier alpha value is -2.45. The Labute approximate surface area is 101 Å². The van der Waals surface area contributed by atoms with Crippen LogP contribution in [0, 0.1) is 0 Å². The maximum Gasteiger partial charge on any atom is 0.346 e. The zero-order valence-electron chi connectivity index (χ0n) is 9.65. The number of hydrogen-bond donors (Lipinski definition) is 1. The SMILES string of the molecule is CN1C(=O)C2C(=NC(=O)N2CC(=O)O)N(C)C1=O. The van der Waals surface area contributed by atoms with Crippen molar-refractivity contribution in [2.24, 2.45) is 4.99 Å². The van der Waals surface area contributed by atoms with E-state index in [1.807, 2.05) is 0 Å². The van der Waals surface area contributed by atoms with Gasteiger partial charge < -0.3 is 5.11 Å². The van der Waals surface area contributed by atoms with E-state index in [0.29, 0.717) is 0 Å². The number of likely N-dealkylation sites (N-methyl/N-ethyl adjacent to an activating group) is 2. The molecule has 2 aliphatic heterocycles. The van der Waals surface area contributed by atoms with Crippen LogP contribution in [0.15, 0.2) is 4.99 Å². The fourth-order valence-corrected chi connectivity index (χ4v) is 1.88. The summed E-state index contributed by atoms with van der Waals surface area (Å²) in [6.45, 7) is -0.641. The van der Waals surface area contributed by atoms with Gasteiger partial charge >= 0.3 is 18.0 Å².